The Labute approximate surface area is 540 Å². The monoisotopic (exact) mass is 1170 g/mol. The second kappa shape index (κ2) is 77.0. The van der Waals surface area contributed by atoms with Gasteiger partial charge in [0.1, 0.15) is 0 Å². The standard InChI is InChI=1S/8C6H14N.2C4H8O.2Na.2Y/c8*1-5(2)7-6(3)4;2*1-2-4-5-3-1;;;;/h8*5-6H,1-4H3;2*1-4H2;;;;/q8*-1;;;2*+1;2*+3. The van der Waals surface area contributed by atoms with E-state index in [9.17, 15) is 0 Å². The summed E-state index contributed by atoms with van der Waals surface area (Å²) in [5, 5.41) is 34.2. The first kappa shape index (κ1) is 102. The van der Waals surface area contributed by atoms with Crippen LogP contribution in [-0.2, 0) is 74.9 Å². The van der Waals surface area contributed by atoms with E-state index >= 15 is 0 Å². The van der Waals surface area contributed by atoms with Crippen LogP contribution in [0.15, 0.2) is 0 Å². The molecule has 0 amide bonds. The molecule has 70 heavy (non-hydrogen) atoms. The number of ether oxygens (including phenoxy) is 2. The fourth-order valence-corrected chi connectivity index (χ4v) is 5.79. The number of rotatable bonds is 16. The molecule has 2 rings (SSSR count). The minimum Gasteiger partial charge on any atom is -0.658 e. The van der Waals surface area contributed by atoms with E-state index in [1.807, 2.05) is 0 Å². The van der Waals surface area contributed by atoms with E-state index in [2.05, 4.69) is 264 Å². The molecular weight excluding hydrogens is 1040 g/mol. The molecule has 0 atom stereocenters. The summed E-state index contributed by atoms with van der Waals surface area (Å²) in [7, 11) is 0. The van der Waals surface area contributed by atoms with Crippen molar-refractivity contribution in [3.05, 3.63) is 42.5 Å². The molecule has 2 saturated heterocycles. The molecule has 0 aromatic heterocycles. The molecular formula is C56H128N8Na2O2Y2. The van der Waals surface area contributed by atoms with E-state index in [0.717, 1.165) is 26.4 Å². The molecule has 2 aliphatic rings. The molecule has 10 nitrogen and oxygen atoms in total. The van der Waals surface area contributed by atoms with E-state index in [0.29, 0.717) is 96.7 Å². The van der Waals surface area contributed by atoms with Gasteiger partial charge in [-0.3, -0.25) is 0 Å². The molecule has 2 aliphatic heterocycles. The molecule has 412 valence electrons. The van der Waals surface area contributed by atoms with Gasteiger partial charge in [0.2, 0.25) is 0 Å². The SMILES string of the molecule is C1CCOC1.C1CCOC1.CC(C)[N-]C(C)C.CC(C)[N-]C(C)C.CC(C)[N-]C(C)C.CC(C)[N-]C(C)C.CC(C)[N-]C(C)C.CC(C)[N-]C(C)C.CC(C)[N-]C(C)C.CC(C)[N-]C(C)C.[Na+].[Na+].[Y+3].[Y+3]. The van der Waals surface area contributed by atoms with Crippen LogP contribution in [-0.4, -0.2) is 123 Å². The average Bonchev–Trinajstić information content (AvgIpc) is 3.82. The maximum atomic E-state index is 4.94. The molecule has 0 unspecified atom stereocenters. The van der Waals surface area contributed by atoms with Crippen LogP contribution in [0.2, 0.25) is 0 Å². The quantitative estimate of drug-likeness (QED) is 0.143. The Morgan fingerprint density at radius 2 is 0.257 bits per heavy atom. The molecule has 0 radical (unpaired) electrons. The summed E-state index contributed by atoms with van der Waals surface area (Å²) in [5.74, 6) is 0. The van der Waals surface area contributed by atoms with Crippen molar-refractivity contribution in [2.45, 2.75) is 344 Å². The zero-order valence-electron chi connectivity index (χ0n) is 54.4. The van der Waals surface area contributed by atoms with E-state index < -0.39 is 0 Å². The van der Waals surface area contributed by atoms with Gasteiger partial charge >= 0.3 is 125 Å². The van der Waals surface area contributed by atoms with Crippen molar-refractivity contribution in [2.24, 2.45) is 0 Å². The van der Waals surface area contributed by atoms with Gasteiger partial charge in [0.25, 0.3) is 0 Å². The topological polar surface area (TPSA) is 131 Å². The van der Waals surface area contributed by atoms with Gasteiger partial charge in [-0.1, -0.05) is 222 Å². The van der Waals surface area contributed by atoms with Crippen molar-refractivity contribution in [3.8, 4) is 0 Å². The Balaban J connectivity index is -0.0000000531. The molecule has 0 aromatic carbocycles. The summed E-state index contributed by atoms with van der Waals surface area (Å²) in [6, 6.07) is 8.00. The van der Waals surface area contributed by atoms with Crippen molar-refractivity contribution in [2.75, 3.05) is 26.4 Å². The molecule has 0 bridgehead atoms. The first-order chi connectivity index (χ1) is 30.0. The predicted octanol–water partition coefficient (Wildman–Crippen LogP) is 13.0. The van der Waals surface area contributed by atoms with Gasteiger partial charge in [-0.05, 0) is 25.7 Å². The normalized spacial score (nSPS) is 12.3. The third-order valence-corrected chi connectivity index (χ3v) is 6.42. The van der Waals surface area contributed by atoms with Gasteiger partial charge < -0.3 is 52.0 Å². The van der Waals surface area contributed by atoms with Crippen molar-refractivity contribution in [1.82, 2.24) is 0 Å². The number of nitrogens with zero attached hydrogens (tertiary/aromatic N) is 8. The summed E-state index contributed by atoms with van der Waals surface area (Å²) in [6.45, 7) is 71.1. The van der Waals surface area contributed by atoms with Crippen LogP contribution in [0.4, 0.5) is 0 Å². The van der Waals surface area contributed by atoms with Gasteiger partial charge in [-0.15, -0.1) is 96.7 Å². The van der Waals surface area contributed by atoms with Crippen LogP contribution < -0.4 is 59.1 Å². The molecule has 14 heteroatoms. The second-order valence-corrected chi connectivity index (χ2v) is 21.3. The largest absolute Gasteiger partial charge is 3.00 e. The van der Waals surface area contributed by atoms with Gasteiger partial charge in [0, 0.05) is 26.4 Å². The second-order valence-electron chi connectivity index (χ2n) is 21.3. The van der Waals surface area contributed by atoms with Crippen molar-refractivity contribution < 1.29 is 134 Å². The summed E-state index contributed by atoms with van der Waals surface area (Å²) >= 11 is 0. The van der Waals surface area contributed by atoms with Crippen molar-refractivity contribution in [3.63, 3.8) is 0 Å². The summed E-state index contributed by atoms with van der Waals surface area (Å²) in [6.07, 6.45) is 5.11. The fraction of sp³-hybridized carbons (Fsp3) is 1.00. The first-order valence-electron chi connectivity index (χ1n) is 26.8. The summed E-state index contributed by atoms with van der Waals surface area (Å²) < 4.78 is 9.89. The summed E-state index contributed by atoms with van der Waals surface area (Å²) in [5.41, 5.74) is 0. The summed E-state index contributed by atoms with van der Waals surface area (Å²) in [4.78, 5) is 0. The van der Waals surface area contributed by atoms with Gasteiger partial charge in [0.05, 0.1) is 0 Å². The van der Waals surface area contributed by atoms with Crippen LogP contribution >= 0.6 is 0 Å². The zero-order chi connectivity index (χ0) is 54.0. The van der Waals surface area contributed by atoms with E-state index in [4.69, 9.17) is 9.47 Å². The van der Waals surface area contributed by atoms with Crippen LogP contribution in [0, 0.1) is 0 Å². The van der Waals surface area contributed by atoms with Crippen LogP contribution in [0.1, 0.15) is 247 Å². The van der Waals surface area contributed by atoms with Crippen molar-refractivity contribution in [1.29, 1.82) is 0 Å². The Kier molecular flexibility index (Phi) is 113. The Hall–Kier alpha value is 3.81. The van der Waals surface area contributed by atoms with Crippen LogP contribution in [0.5, 0.6) is 0 Å². The molecule has 2 fully saturated rings. The average molecular weight is 1170 g/mol. The molecule has 0 N–H and O–H groups in total. The maximum absolute atomic E-state index is 4.94. The van der Waals surface area contributed by atoms with E-state index in [1.54, 1.807) is 0 Å². The van der Waals surface area contributed by atoms with E-state index in [-0.39, 0.29) is 125 Å². The molecule has 0 aromatic rings. The molecule has 0 spiro atoms. The minimum absolute atomic E-state index is 0. The molecule has 2 heterocycles. The Bertz CT molecular complexity index is 590. The third-order valence-electron chi connectivity index (χ3n) is 6.42. The van der Waals surface area contributed by atoms with Gasteiger partial charge in [-0.25, -0.2) is 0 Å². The van der Waals surface area contributed by atoms with Crippen LogP contribution in [0.3, 0.4) is 0 Å². The molecule has 0 saturated carbocycles. The fourth-order valence-electron chi connectivity index (χ4n) is 5.79. The minimum atomic E-state index is 0. The zero-order valence-corrected chi connectivity index (χ0v) is 64.1. The van der Waals surface area contributed by atoms with Crippen molar-refractivity contribution >= 4 is 0 Å². The van der Waals surface area contributed by atoms with E-state index in [1.165, 1.54) is 25.7 Å². The predicted molar refractivity (Wildman–Crippen MR) is 309 cm³/mol. The maximum Gasteiger partial charge on any atom is 3.00 e. The number of hydrogen-bond donors (Lipinski definition) is 0. The number of hydrogen-bond acceptors (Lipinski definition) is 2. The molecule has 0 aliphatic carbocycles. The van der Waals surface area contributed by atoms with Gasteiger partial charge in [0.15, 0.2) is 0 Å². The Morgan fingerprint density at radius 3 is 0.271 bits per heavy atom. The third kappa shape index (κ3) is 172. The smallest absolute Gasteiger partial charge is 0.658 e. The Morgan fingerprint density at radius 1 is 0.186 bits per heavy atom. The van der Waals surface area contributed by atoms with Crippen LogP contribution in [0.25, 0.3) is 42.5 Å². The van der Waals surface area contributed by atoms with Gasteiger partial charge in [-0.2, -0.15) is 0 Å². The first-order valence-corrected chi connectivity index (χ1v) is 26.8.